The Labute approximate surface area is 91.2 Å². The molecule has 0 aliphatic carbocycles. The Morgan fingerprint density at radius 3 is 3.00 bits per heavy atom. The minimum Gasteiger partial charge on any atom is -0.449 e. The van der Waals surface area contributed by atoms with Gasteiger partial charge >= 0.3 is 6.09 Å². The summed E-state index contributed by atoms with van der Waals surface area (Å²) in [5.74, 6) is -0.459. The third-order valence-electron chi connectivity index (χ3n) is 2.28. The number of halogens is 2. The van der Waals surface area contributed by atoms with Crippen LogP contribution < -0.4 is 5.32 Å². The summed E-state index contributed by atoms with van der Waals surface area (Å²) in [6.07, 6.45) is 0.208. The standard InChI is InChI=1S/C10H9ClFNO2/c11-7-5-6(1-2-8(7)12)9-3-4-15-10(14)13-9/h1-2,5,9H,3-4H2,(H,13,14)/t9-/m0/s1. The molecule has 1 saturated heterocycles. The van der Waals surface area contributed by atoms with Crippen molar-refractivity contribution in [3.63, 3.8) is 0 Å². The molecular weight excluding hydrogens is 221 g/mol. The summed E-state index contributed by atoms with van der Waals surface area (Å²) in [6, 6.07) is 4.27. The SMILES string of the molecule is O=C1N[C@H](c2ccc(F)c(Cl)c2)CCO1. The third-order valence-corrected chi connectivity index (χ3v) is 2.57. The van der Waals surface area contributed by atoms with E-state index in [2.05, 4.69) is 5.32 Å². The Kier molecular flexibility index (Phi) is 2.77. The fourth-order valence-electron chi connectivity index (χ4n) is 1.50. The summed E-state index contributed by atoms with van der Waals surface area (Å²) in [5.41, 5.74) is 0.790. The van der Waals surface area contributed by atoms with Gasteiger partial charge in [0.05, 0.1) is 17.7 Å². The summed E-state index contributed by atoms with van der Waals surface area (Å²) in [4.78, 5) is 11.0. The van der Waals surface area contributed by atoms with Gasteiger partial charge in [0.15, 0.2) is 0 Å². The number of nitrogens with one attached hydrogen (secondary N) is 1. The van der Waals surface area contributed by atoms with Crippen molar-refractivity contribution in [3.8, 4) is 0 Å². The summed E-state index contributed by atoms with van der Waals surface area (Å²) in [5, 5.41) is 2.70. The molecule has 2 rings (SSSR count). The number of ether oxygens (including phenoxy) is 1. The molecule has 1 fully saturated rings. The molecule has 1 aliphatic heterocycles. The predicted octanol–water partition coefficient (Wildman–Crippen LogP) is 2.65. The van der Waals surface area contributed by atoms with Gasteiger partial charge in [0, 0.05) is 6.42 Å². The second-order valence-corrected chi connectivity index (χ2v) is 3.70. The molecule has 0 aromatic heterocycles. The average molecular weight is 230 g/mol. The van der Waals surface area contributed by atoms with Gasteiger partial charge in [-0.25, -0.2) is 9.18 Å². The molecular formula is C10H9ClFNO2. The van der Waals surface area contributed by atoms with Gasteiger partial charge in [-0.05, 0) is 17.7 Å². The van der Waals surface area contributed by atoms with Crippen molar-refractivity contribution in [3.05, 3.63) is 34.6 Å². The number of carbonyl (C=O) groups is 1. The van der Waals surface area contributed by atoms with Crippen LogP contribution in [0.4, 0.5) is 9.18 Å². The van der Waals surface area contributed by atoms with Crippen LogP contribution in [-0.4, -0.2) is 12.7 Å². The van der Waals surface area contributed by atoms with Crippen molar-refractivity contribution in [2.75, 3.05) is 6.61 Å². The second-order valence-electron chi connectivity index (χ2n) is 3.30. The number of benzene rings is 1. The zero-order valence-electron chi connectivity index (χ0n) is 7.80. The lowest BCUT2D eigenvalue weighted by Crippen LogP contribution is -2.35. The molecule has 15 heavy (non-hydrogen) atoms. The maximum atomic E-state index is 12.9. The Hall–Kier alpha value is -1.29. The van der Waals surface area contributed by atoms with E-state index < -0.39 is 11.9 Å². The molecule has 0 saturated carbocycles. The number of hydrogen-bond acceptors (Lipinski definition) is 2. The zero-order valence-corrected chi connectivity index (χ0v) is 8.55. The average Bonchev–Trinajstić information content (AvgIpc) is 2.22. The van der Waals surface area contributed by atoms with E-state index in [1.54, 1.807) is 6.07 Å². The maximum Gasteiger partial charge on any atom is 0.407 e. The number of alkyl carbamates (subject to hydrolysis) is 1. The van der Waals surface area contributed by atoms with Crippen molar-refractivity contribution in [1.29, 1.82) is 0 Å². The highest BCUT2D eigenvalue weighted by atomic mass is 35.5. The van der Waals surface area contributed by atoms with Crippen molar-refractivity contribution < 1.29 is 13.9 Å². The molecule has 1 heterocycles. The first-order chi connectivity index (χ1) is 7.16. The molecule has 0 spiro atoms. The lowest BCUT2D eigenvalue weighted by molar-refractivity contribution is 0.115. The Balaban J connectivity index is 2.21. The topological polar surface area (TPSA) is 38.3 Å². The maximum absolute atomic E-state index is 12.9. The van der Waals surface area contributed by atoms with Gasteiger partial charge in [0.1, 0.15) is 5.82 Å². The van der Waals surface area contributed by atoms with Gasteiger partial charge in [-0.3, -0.25) is 0 Å². The molecule has 0 unspecified atom stereocenters. The molecule has 1 atom stereocenters. The molecule has 0 bridgehead atoms. The Morgan fingerprint density at radius 1 is 1.53 bits per heavy atom. The van der Waals surface area contributed by atoms with E-state index in [1.165, 1.54) is 12.1 Å². The van der Waals surface area contributed by atoms with Gasteiger partial charge in [-0.2, -0.15) is 0 Å². The van der Waals surface area contributed by atoms with E-state index in [-0.39, 0.29) is 11.1 Å². The predicted molar refractivity (Wildman–Crippen MR) is 53.3 cm³/mol. The van der Waals surface area contributed by atoms with Gasteiger partial charge in [0.2, 0.25) is 0 Å². The lowest BCUT2D eigenvalue weighted by Gasteiger charge is -2.23. The quantitative estimate of drug-likeness (QED) is 0.804. The molecule has 1 aromatic carbocycles. The summed E-state index contributed by atoms with van der Waals surface area (Å²) in [6.45, 7) is 0.367. The Morgan fingerprint density at radius 2 is 2.33 bits per heavy atom. The first kappa shape index (κ1) is 10.2. The normalized spacial score (nSPS) is 20.7. The zero-order chi connectivity index (χ0) is 10.8. The van der Waals surface area contributed by atoms with E-state index in [0.717, 1.165) is 5.56 Å². The fourth-order valence-corrected chi connectivity index (χ4v) is 1.69. The number of carbonyl (C=O) groups excluding carboxylic acids is 1. The van der Waals surface area contributed by atoms with Crippen molar-refractivity contribution >= 4 is 17.7 Å². The van der Waals surface area contributed by atoms with Crippen LogP contribution in [0.25, 0.3) is 0 Å². The van der Waals surface area contributed by atoms with Gasteiger partial charge in [-0.1, -0.05) is 17.7 Å². The fraction of sp³-hybridized carbons (Fsp3) is 0.300. The Bertz CT molecular complexity index is 397. The largest absolute Gasteiger partial charge is 0.449 e. The number of hydrogen-bond donors (Lipinski definition) is 1. The smallest absolute Gasteiger partial charge is 0.407 e. The first-order valence-electron chi connectivity index (χ1n) is 4.55. The van der Waals surface area contributed by atoms with Crippen LogP contribution in [0.15, 0.2) is 18.2 Å². The molecule has 3 nitrogen and oxygen atoms in total. The number of rotatable bonds is 1. The second kappa shape index (κ2) is 4.06. The molecule has 1 aromatic rings. The summed E-state index contributed by atoms with van der Waals surface area (Å²) in [7, 11) is 0. The van der Waals surface area contributed by atoms with Crippen LogP contribution in [0.1, 0.15) is 18.0 Å². The van der Waals surface area contributed by atoms with Gasteiger partial charge < -0.3 is 10.1 Å². The van der Waals surface area contributed by atoms with Crippen LogP contribution >= 0.6 is 11.6 Å². The molecule has 1 aliphatic rings. The lowest BCUT2D eigenvalue weighted by atomic mass is 10.0. The van der Waals surface area contributed by atoms with Crippen molar-refractivity contribution in [1.82, 2.24) is 5.32 Å². The summed E-state index contributed by atoms with van der Waals surface area (Å²) < 4.78 is 17.6. The van der Waals surface area contributed by atoms with Crippen LogP contribution in [0.3, 0.4) is 0 Å². The minimum atomic E-state index is -0.459. The van der Waals surface area contributed by atoms with E-state index in [9.17, 15) is 9.18 Å². The van der Waals surface area contributed by atoms with Crippen LogP contribution in [0.2, 0.25) is 5.02 Å². The molecule has 1 N–H and O–H groups in total. The van der Waals surface area contributed by atoms with Crippen LogP contribution in [0.5, 0.6) is 0 Å². The monoisotopic (exact) mass is 229 g/mol. The van der Waals surface area contributed by atoms with E-state index >= 15 is 0 Å². The van der Waals surface area contributed by atoms with E-state index in [1.807, 2.05) is 0 Å². The van der Waals surface area contributed by atoms with Gasteiger partial charge in [0.25, 0.3) is 0 Å². The molecule has 80 valence electrons. The number of cyclic esters (lactones) is 1. The van der Waals surface area contributed by atoms with E-state index in [0.29, 0.717) is 13.0 Å². The highest BCUT2D eigenvalue weighted by molar-refractivity contribution is 6.30. The number of amides is 1. The molecule has 1 amide bonds. The van der Waals surface area contributed by atoms with Gasteiger partial charge in [-0.15, -0.1) is 0 Å². The van der Waals surface area contributed by atoms with Crippen LogP contribution in [0, 0.1) is 5.82 Å². The van der Waals surface area contributed by atoms with Crippen molar-refractivity contribution in [2.45, 2.75) is 12.5 Å². The summed E-state index contributed by atoms with van der Waals surface area (Å²) >= 11 is 5.65. The molecule has 0 radical (unpaired) electrons. The minimum absolute atomic E-state index is 0.0632. The third kappa shape index (κ3) is 2.21. The highest BCUT2D eigenvalue weighted by Crippen LogP contribution is 2.24. The van der Waals surface area contributed by atoms with Crippen LogP contribution in [-0.2, 0) is 4.74 Å². The first-order valence-corrected chi connectivity index (χ1v) is 4.93. The van der Waals surface area contributed by atoms with Crippen molar-refractivity contribution in [2.24, 2.45) is 0 Å². The van der Waals surface area contributed by atoms with E-state index in [4.69, 9.17) is 16.3 Å². The molecule has 5 heteroatoms. The highest BCUT2D eigenvalue weighted by Gasteiger charge is 2.21.